The van der Waals surface area contributed by atoms with Crippen molar-refractivity contribution in [3.63, 3.8) is 0 Å². The zero-order chi connectivity index (χ0) is 21.2. The Morgan fingerprint density at radius 2 is 2.06 bits per heavy atom. The van der Waals surface area contributed by atoms with Gasteiger partial charge in [0.2, 0.25) is 0 Å². The number of carbonyl (C=O) groups is 1. The Kier molecular flexibility index (Phi) is 5.20. The van der Waals surface area contributed by atoms with Crippen molar-refractivity contribution in [1.82, 2.24) is 24.6 Å². The van der Waals surface area contributed by atoms with Gasteiger partial charge >= 0.3 is 0 Å². The number of aryl methyl sites for hydroxylation is 1. The summed E-state index contributed by atoms with van der Waals surface area (Å²) < 4.78 is 1.87. The minimum Gasteiger partial charge on any atom is -0.335 e. The smallest absolute Gasteiger partial charge is 0.254 e. The number of rotatable bonds is 5. The molecule has 3 aromatic heterocycles. The van der Waals surface area contributed by atoms with Gasteiger partial charge in [0.15, 0.2) is 0 Å². The van der Waals surface area contributed by atoms with E-state index in [1.807, 2.05) is 64.6 Å². The SMILES string of the molecule is CCn1cc(-c2cc(C(=O)N3CCCC3Cc3cccnc3)c3ccccc3n2)cn1. The monoisotopic (exact) mass is 411 g/mol. The summed E-state index contributed by atoms with van der Waals surface area (Å²) in [7, 11) is 0. The highest BCUT2D eigenvalue weighted by atomic mass is 16.2. The normalized spacial score (nSPS) is 16.2. The van der Waals surface area contributed by atoms with E-state index >= 15 is 0 Å². The quantitative estimate of drug-likeness (QED) is 0.489. The van der Waals surface area contributed by atoms with Crippen LogP contribution in [0.4, 0.5) is 0 Å². The first kappa shape index (κ1) is 19.4. The first-order valence-corrected chi connectivity index (χ1v) is 10.9. The molecule has 31 heavy (non-hydrogen) atoms. The molecular formula is C25H25N5O. The van der Waals surface area contributed by atoms with Crippen molar-refractivity contribution in [3.8, 4) is 11.3 Å². The lowest BCUT2D eigenvalue weighted by Gasteiger charge is -2.25. The maximum absolute atomic E-state index is 13.8. The summed E-state index contributed by atoms with van der Waals surface area (Å²) in [5.74, 6) is 0.0779. The Hall–Kier alpha value is -3.54. The predicted octanol–water partition coefficient (Wildman–Crippen LogP) is 4.36. The Morgan fingerprint density at radius 3 is 2.87 bits per heavy atom. The lowest BCUT2D eigenvalue weighted by Crippen LogP contribution is -2.37. The van der Waals surface area contributed by atoms with Crippen LogP contribution in [-0.4, -0.2) is 43.1 Å². The average Bonchev–Trinajstić information content (AvgIpc) is 3.48. The van der Waals surface area contributed by atoms with Gasteiger partial charge in [0.05, 0.1) is 23.0 Å². The molecule has 0 N–H and O–H groups in total. The van der Waals surface area contributed by atoms with Crippen LogP contribution in [0.15, 0.2) is 67.3 Å². The van der Waals surface area contributed by atoms with E-state index in [0.717, 1.165) is 54.5 Å². The summed E-state index contributed by atoms with van der Waals surface area (Å²) in [6.07, 6.45) is 10.3. The van der Waals surface area contributed by atoms with E-state index in [2.05, 4.69) is 23.1 Å². The molecule has 1 aliphatic heterocycles. The van der Waals surface area contributed by atoms with E-state index < -0.39 is 0 Å². The highest BCUT2D eigenvalue weighted by molar-refractivity contribution is 6.07. The minimum absolute atomic E-state index is 0.0779. The Morgan fingerprint density at radius 1 is 1.16 bits per heavy atom. The van der Waals surface area contributed by atoms with Gasteiger partial charge in [-0.2, -0.15) is 5.10 Å². The fourth-order valence-electron chi connectivity index (χ4n) is 4.43. The van der Waals surface area contributed by atoms with Gasteiger partial charge in [-0.15, -0.1) is 0 Å². The van der Waals surface area contributed by atoms with Crippen molar-refractivity contribution in [2.45, 2.75) is 38.8 Å². The number of benzene rings is 1. The van der Waals surface area contributed by atoms with Gasteiger partial charge in [-0.3, -0.25) is 14.5 Å². The van der Waals surface area contributed by atoms with E-state index in [-0.39, 0.29) is 11.9 Å². The van der Waals surface area contributed by atoms with E-state index in [4.69, 9.17) is 4.98 Å². The number of carbonyl (C=O) groups excluding carboxylic acids is 1. The van der Waals surface area contributed by atoms with Gasteiger partial charge in [0.1, 0.15) is 0 Å². The zero-order valence-electron chi connectivity index (χ0n) is 17.6. The van der Waals surface area contributed by atoms with Gasteiger partial charge in [-0.05, 0) is 49.9 Å². The molecule has 4 aromatic rings. The molecule has 1 saturated heterocycles. The molecule has 0 bridgehead atoms. The minimum atomic E-state index is 0.0779. The summed E-state index contributed by atoms with van der Waals surface area (Å²) in [4.78, 5) is 24.9. The van der Waals surface area contributed by atoms with Crippen LogP contribution in [0.5, 0.6) is 0 Å². The fraction of sp³-hybridized carbons (Fsp3) is 0.280. The van der Waals surface area contributed by atoms with Gasteiger partial charge in [-0.25, -0.2) is 4.98 Å². The van der Waals surface area contributed by atoms with Crippen LogP contribution in [0.3, 0.4) is 0 Å². The molecule has 4 heterocycles. The molecule has 156 valence electrons. The predicted molar refractivity (Wildman–Crippen MR) is 121 cm³/mol. The molecule has 0 radical (unpaired) electrons. The topological polar surface area (TPSA) is 63.9 Å². The lowest BCUT2D eigenvalue weighted by atomic mass is 10.0. The molecule has 1 amide bonds. The highest BCUT2D eigenvalue weighted by Gasteiger charge is 2.30. The molecule has 5 rings (SSSR count). The molecule has 6 heteroatoms. The highest BCUT2D eigenvalue weighted by Crippen LogP contribution is 2.29. The summed E-state index contributed by atoms with van der Waals surface area (Å²) in [6, 6.07) is 14.0. The van der Waals surface area contributed by atoms with Crippen molar-refractivity contribution in [2.24, 2.45) is 0 Å². The largest absolute Gasteiger partial charge is 0.335 e. The van der Waals surface area contributed by atoms with Crippen LogP contribution < -0.4 is 0 Å². The molecule has 1 aliphatic rings. The summed E-state index contributed by atoms with van der Waals surface area (Å²) >= 11 is 0. The Labute approximate surface area is 181 Å². The van der Waals surface area contributed by atoms with Gasteiger partial charge < -0.3 is 4.90 Å². The number of amides is 1. The second kappa shape index (κ2) is 8.30. The van der Waals surface area contributed by atoms with Crippen LogP contribution in [0.2, 0.25) is 0 Å². The molecule has 6 nitrogen and oxygen atoms in total. The van der Waals surface area contributed by atoms with E-state index in [0.29, 0.717) is 5.56 Å². The van der Waals surface area contributed by atoms with E-state index in [1.54, 1.807) is 6.20 Å². The molecule has 0 saturated carbocycles. The molecule has 1 fully saturated rings. The van der Waals surface area contributed by atoms with Crippen molar-refractivity contribution in [2.75, 3.05) is 6.54 Å². The first-order chi connectivity index (χ1) is 15.2. The van der Waals surface area contributed by atoms with Crippen LogP contribution in [0, 0.1) is 0 Å². The van der Waals surface area contributed by atoms with Crippen LogP contribution in [-0.2, 0) is 13.0 Å². The average molecular weight is 412 g/mol. The Bertz CT molecular complexity index is 1220. The van der Waals surface area contributed by atoms with Crippen molar-refractivity contribution >= 4 is 16.8 Å². The van der Waals surface area contributed by atoms with E-state index in [1.165, 1.54) is 5.56 Å². The number of aromatic nitrogens is 4. The maximum atomic E-state index is 13.8. The Balaban J connectivity index is 1.53. The number of pyridine rings is 2. The number of nitrogens with zero attached hydrogens (tertiary/aromatic N) is 5. The third-order valence-electron chi connectivity index (χ3n) is 6.03. The molecule has 0 spiro atoms. The fourth-order valence-corrected chi connectivity index (χ4v) is 4.43. The van der Waals surface area contributed by atoms with Crippen molar-refractivity contribution in [1.29, 1.82) is 0 Å². The summed E-state index contributed by atoms with van der Waals surface area (Å²) in [6.45, 7) is 3.63. The molecule has 1 aromatic carbocycles. The molecule has 1 unspecified atom stereocenters. The molecular weight excluding hydrogens is 386 g/mol. The third-order valence-corrected chi connectivity index (χ3v) is 6.03. The van der Waals surface area contributed by atoms with E-state index in [9.17, 15) is 4.79 Å². The van der Waals surface area contributed by atoms with Gasteiger partial charge in [0.25, 0.3) is 5.91 Å². The van der Waals surface area contributed by atoms with Crippen molar-refractivity contribution < 1.29 is 4.79 Å². The number of fused-ring (bicyclic) bond motifs is 1. The number of hydrogen-bond acceptors (Lipinski definition) is 4. The van der Waals surface area contributed by atoms with Crippen LogP contribution in [0.1, 0.15) is 35.7 Å². The number of likely N-dealkylation sites (tertiary alicyclic amines) is 1. The van der Waals surface area contributed by atoms with Gasteiger partial charge in [0, 0.05) is 48.7 Å². The standard InChI is InChI=1S/C25H25N5O/c1-2-29-17-19(16-27-29)24-14-22(21-9-3-4-10-23(21)28-24)25(31)30-12-6-8-20(30)13-18-7-5-11-26-15-18/h3-5,7,9-11,14-17,20H,2,6,8,12-13H2,1H3. The zero-order valence-corrected chi connectivity index (χ0v) is 17.6. The van der Waals surface area contributed by atoms with Gasteiger partial charge in [-0.1, -0.05) is 24.3 Å². The summed E-state index contributed by atoms with van der Waals surface area (Å²) in [5.41, 5.74) is 4.41. The third kappa shape index (κ3) is 3.81. The summed E-state index contributed by atoms with van der Waals surface area (Å²) in [5, 5.41) is 5.27. The first-order valence-electron chi connectivity index (χ1n) is 10.9. The van der Waals surface area contributed by atoms with Crippen LogP contribution in [0.25, 0.3) is 22.2 Å². The lowest BCUT2D eigenvalue weighted by molar-refractivity contribution is 0.0738. The second-order valence-corrected chi connectivity index (χ2v) is 8.02. The number of para-hydroxylation sites is 1. The van der Waals surface area contributed by atoms with Crippen LogP contribution >= 0.6 is 0 Å². The van der Waals surface area contributed by atoms with Crippen molar-refractivity contribution in [3.05, 3.63) is 78.4 Å². The molecule has 0 aliphatic carbocycles. The second-order valence-electron chi connectivity index (χ2n) is 8.02. The molecule has 1 atom stereocenters. The number of hydrogen-bond donors (Lipinski definition) is 0. The maximum Gasteiger partial charge on any atom is 0.254 e.